The lowest BCUT2D eigenvalue weighted by molar-refractivity contribution is 0.555. The summed E-state index contributed by atoms with van der Waals surface area (Å²) in [6, 6.07) is 6.28. The molecule has 1 heterocycles. The Kier molecular flexibility index (Phi) is 4.66. The van der Waals surface area contributed by atoms with Gasteiger partial charge in [0.2, 0.25) is 0 Å². The van der Waals surface area contributed by atoms with Gasteiger partial charge in [-0.3, -0.25) is 0 Å². The molecule has 1 N–H and O–H groups in total. The summed E-state index contributed by atoms with van der Waals surface area (Å²) in [7, 11) is 0. The number of benzene rings is 1. The molecule has 0 saturated carbocycles. The second kappa shape index (κ2) is 6.46. The highest BCUT2D eigenvalue weighted by Crippen LogP contribution is 2.20. The molecule has 21 heavy (non-hydrogen) atoms. The van der Waals surface area contributed by atoms with Gasteiger partial charge in [0.15, 0.2) is 0 Å². The zero-order valence-electron chi connectivity index (χ0n) is 12.4. The number of nitrogens with one attached hydrogen (secondary N) is 1. The second-order valence-electron chi connectivity index (χ2n) is 4.93. The highest BCUT2D eigenvalue weighted by Gasteiger charge is 2.17. The Morgan fingerprint density at radius 1 is 1.48 bits per heavy atom. The molecule has 2 rings (SSSR count). The highest BCUT2D eigenvalue weighted by molar-refractivity contribution is 5.41. The number of hydrogen-bond acceptors (Lipinski definition) is 4. The van der Waals surface area contributed by atoms with Gasteiger partial charge in [0.25, 0.3) is 0 Å². The Labute approximate surface area is 123 Å². The third kappa shape index (κ3) is 3.09. The van der Waals surface area contributed by atoms with Gasteiger partial charge in [-0.05, 0) is 45.0 Å². The molecule has 0 bridgehead atoms. The van der Waals surface area contributed by atoms with Crippen molar-refractivity contribution < 1.29 is 4.39 Å². The summed E-state index contributed by atoms with van der Waals surface area (Å²) >= 11 is 0. The van der Waals surface area contributed by atoms with Crippen LogP contribution in [0, 0.1) is 24.1 Å². The summed E-state index contributed by atoms with van der Waals surface area (Å²) in [6.07, 6.45) is 1.03. The van der Waals surface area contributed by atoms with Crippen LogP contribution in [0.3, 0.4) is 0 Å². The largest absolute Gasteiger partial charge is 0.309 e. The van der Waals surface area contributed by atoms with Crippen LogP contribution in [0.15, 0.2) is 18.2 Å². The fraction of sp³-hybridized carbons (Fsp3) is 0.400. The van der Waals surface area contributed by atoms with Crippen LogP contribution in [0.5, 0.6) is 0 Å². The molecule has 5 nitrogen and oxygen atoms in total. The fourth-order valence-corrected chi connectivity index (χ4v) is 2.18. The van der Waals surface area contributed by atoms with Gasteiger partial charge in [-0.25, -0.2) is 9.07 Å². The van der Waals surface area contributed by atoms with Crippen LogP contribution in [-0.2, 0) is 0 Å². The molecule has 1 aromatic heterocycles. The molecular formula is C15H18FN5. The molecule has 0 amide bonds. The van der Waals surface area contributed by atoms with Crippen LogP contribution < -0.4 is 5.32 Å². The van der Waals surface area contributed by atoms with Crippen LogP contribution >= 0.6 is 0 Å². The average Bonchev–Trinajstić information content (AvgIpc) is 2.86. The number of hydrogen-bond donors (Lipinski definition) is 1. The van der Waals surface area contributed by atoms with E-state index in [1.807, 2.05) is 19.9 Å². The zero-order chi connectivity index (χ0) is 15.4. The predicted molar refractivity (Wildman–Crippen MR) is 77.5 cm³/mol. The molecule has 6 heteroatoms. The molecule has 0 aliphatic rings. The Morgan fingerprint density at radius 3 is 2.86 bits per heavy atom. The van der Waals surface area contributed by atoms with E-state index in [1.165, 1.54) is 10.7 Å². The van der Waals surface area contributed by atoms with Crippen LogP contribution in [0.4, 0.5) is 4.39 Å². The van der Waals surface area contributed by atoms with Gasteiger partial charge < -0.3 is 5.32 Å². The van der Waals surface area contributed by atoms with Crippen molar-refractivity contribution in [3.8, 4) is 11.8 Å². The van der Waals surface area contributed by atoms with Crippen molar-refractivity contribution in [2.75, 3.05) is 6.54 Å². The fourth-order valence-electron chi connectivity index (χ4n) is 2.18. The van der Waals surface area contributed by atoms with Gasteiger partial charge in [-0.2, -0.15) is 5.26 Å². The molecule has 1 aromatic carbocycles. The first-order chi connectivity index (χ1) is 10.1. The van der Waals surface area contributed by atoms with Crippen molar-refractivity contribution in [1.29, 1.82) is 5.26 Å². The lowest BCUT2D eigenvalue weighted by Crippen LogP contribution is -2.20. The van der Waals surface area contributed by atoms with Crippen molar-refractivity contribution >= 4 is 0 Å². The standard InChI is InChI=1S/C15H18FN5/c1-4-7-18-10(2)15-11(3)21(20-19-15)14-6-5-12(9-17)8-13(14)16/h5-6,8,10,18H,4,7H2,1-3H3. The number of aromatic nitrogens is 3. The van der Waals surface area contributed by atoms with Gasteiger partial charge in [-0.1, -0.05) is 12.1 Å². The van der Waals surface area contributed by atoms with Crippen molar-refractivity contribution in [1.82, 2.24) is 20.3 Å². The summed E-state index contributed by atoms with van der Waals surface area (Å²) in [5.41, 5.74) is 2.17. The molecule has 0 aliphatic heterocycles. The average molecular weight is 287 g/mol. The van der Waals surface area contributed by atoms with Crippen LogP contribution in [-0.4, -0.2) is 21.5 Å². The summed E-state index contributed by atoms with van der Waals surface area (Å²) in [6.45, 7) is 6.84. The molecule has 110 valence electrons. The topological polar surface area (TPSA) is 66.5 Å². The minimum absolute atomic E-state index is 0.0557. The minimum Gasteiger partial charge on any atom is -0.309 e. The molecule has 0 fully saturated rings. The first-order valence-electron chi connectivity index (χ1n) is 6.94. The van der Waals surface area contributed by atoms with Gasteiger partial charge in [0.05, 0.1) is 23.4 Å². The van der Waals surface area contributed by atoms with Gasteiger partial charge in [0.1, 0.15) is 17.2 Å². The van der Waals surface area contributed by atoms with E-state index in [0.29, 0.717) is 5.69 Å². The smallest absolute Gasteiger partial charge is 0.150 e. The molecule has 1 unspecified atom stereocenters. The van der Waals surface area contributed by atoms with Crippen molar-refractivity contribution in [2.24, 2.45) is 0 Å². The second-order valence-corrected chi connectivity index (χ2v) is 4.93. The van der Waals surface area contributed by atoms with E-state index in [0.717, 1.165) is 24.4 Å². The van der Waals surface area contributed by atoms with Crippen LogP contribution in [0.1, 0.15) is 43.3 Å². The van der Waals surface area contributed by atoms with E-state index in [2.05, 4.69) is 22.6 Å². The van der Waals surface area contributed by atoms with Crippen molar-refractivity contribution in [3.05, 3.63) is 41.0 Å². The zero-order valence-corrected chi connectivity index (χ0v) is 12.4. The molecule has 0 saturated heterocycles. The van der Waals surface area contributed by atoms with Gasteiger partial charge >= 0.3 is 0 Å². The SMILES string of the molecule is CCCNC(C)c1nnn(-c2ccc(C#N)cc2F)c1C. The Bertz CT molecular complexity index is 671. The molecule has 1 atom stereocenters. The summed E-state index contributed by atoms with van der Waals surface area (Å²) < 4.78 is 15.5. The van der Waals surface area contributed by atoms with Gasteiger partial charge in [0, 0.05) is 0 Å². The Balaban J connectivity index is 2.34. The van der Waals surface area contributed by atoms with E-state index in [4.69, 9.17) is 5.26 Å². The summed E-state index contributed by atoms with van der Waals surface area (Å²) in [4.78, 5) is 0. The normalized spacial score (nSPS) is 12.1. The van der Waals surface area contributed by atoms with E-state index < -0.39 is 5.82 Å². The number of rotatable bonds is 5. The van der Waals surface area contributed by atoms with Crippen molar-refractivity contribution in [3.63, 3.8) is 0 Å². The Morgan fingerprint density at radius 2 is 2.24 bits per heavy atom. The van der Waals surface area contributed by atoms with Crippen LogP contribution in [0.25, 0.3) is 5.69 Å². The molecule has 0 spiro atoms. The third-order valence-electron chi connectivity index (χ3n) is 3.35. The maximum Gasteiger partial charge on any atom is 0.150 e. The molecule has 0 aliphatic carbocycles. The maximum atomic E-state index is 14.1. The predicted octanol–water partition coefficient (Wildman–Crippen LogP) is 2.65. The first kappa shape index (κ1) is 15.1. The summed E-state index contributed by atoms with van der Waals surface area (Å²) in [5.74, 6) is -0.484. The van der Waals surface area contributed by atoms with Crippen LogP contribution in [0.2, 0.25) is 0 Å². The molecular weight excluding hydrogens is 269 g/mol. The lowest BCUT2D eigenvalue weighted by atomic mass is 10.1. The van der Waals surface area contributed by atoms with E-state index in [-0.39, 0.29) is 11.6 Å². The highest BCUT2D eigenvalue weighted by atomic mass is 19.1. The van der Waals surface area contributed by atoms with Gasteiger partial charge in [-0.15, -0.1) is 5.10 Å². The third-order valence-corrected chi connectivity index (χ3v) is 3.35. The minimum atomic E-state index is -0.484. The number of halogens is 1. The number of nitrogens with zero attached hydrogens (tertiary/aromatic N) is 4. The van der Waals surface area contributed by atoms with E-state index in [9.17, 15) is 4.39 Å². The summed E-state index contributed by atoms with van der Waals surface area (Å²) in [5, 5.41) is 20.3. The Hall–Kier alpha value is -2.26. The molecule has 2 aromatic rings. The quantitative estimate of drug-likeness (QED) is 0.918. The van der Waals surface area contributed by atoms with E-state index in [1.54, 1.807) is 12.1 Å². The first-order valence-corrected chi connectivity index (χ1v) is 6.94. The lowest BCUT2D eigenvalue weighted by Gasteiger charge is -2.11. The van der Waals surface area contributed by atoms with Crippen molar-refractivity contribution in [2.45, 2.75) is 33.2 Å². The number of nitriles is 1. The monoisotopic (exact) mass is 287 g/mol. The molecule has 0 radical (unpaired) electrons. The maximum absolute atomic E-state index is 14.1. The van der Waals surface area contributed by atoms with E-state index >= 15 is 0 Å².